The zero-order valence-electron chi connectivity index (χ0n) is 61.2. The van der Waals surface area contributed by atoms with Crippen molar-refractivity contribution in [3.63, 3.8) is 0 Å². The number of imide groups is 1. The molecule has 0 N–H and O–H groups in total. The number of para-hydroxylation sites is 4. The van der Waals surface area contributed by atoms with Crippen molar-refractivity contribution in [2.24, 2.45) is 0 Å². The smallest absolute Gasteiger partial charge is 0.261 e. The van der Waals surface area contributed by atoms with Gasteiger partial charge < -0.3 is 99.5 Å². The molecule has 0 atom stereocenters. The quantitative estimate of drug-likeness (QED) is 0.135. The molecule has 0 saturated heterocycles. The Morgan fingerprint density at radius 2 is 0.538 bits per heavy atom. The fourth-order valence-electron chi connectivity index (χ4n) is 11.2. The SMILES string of the molecule is CC(C)(C)c1cc(-c2ccc3c(c2)OCCOCCOCCOCCOc2ccccc2OCCOCCOCCOCCO3)c(OCc2ccc(CN3C(=O)c4ccccc4C3=O)cc2)c(-c2ccc3c(c2)OCCOCCOCCOCCOc2ccccc2OCCOCCOCCOCCO3)c1. The summed E-state index contributed by atoms with van der Waals surface area (Å²) in [5, 5.41) is 0. The Morgan fingerprint density at radius 1 is 0.283 bits per heavy atom. The lowest BCUT2D eigenvalue weighted by atomic mass is 9.82. The molecule has 0 aromatic heterocycles. The second kappa shape index (κ2) is 45.1. The van der Waals surface area contributed by atoms with Gasteiger partial charge in [0.1, 0.15) is 65.2 Å². The molecule has 0 saturated carbocycles. The molecule has 24 heteroatoms. The summed E-state index contributed by atoms with van der Waals surface area (Å²) in [7, 11) is 0. The second-order valence-electron chi connectivity index (χ2n) is 25.4. The minimum absolute atomic E-state index is 0.114. The molecule has 7 aromatic rings. The molecular weight excluding hydrogens is 1370 g/mol. The summed E-state index contributed by atoms with van der Waals surface area (Å²) < 4.78 is 127. The van der Waals surface area contributed by atoms with Crippen LogP contribution in [-0.4, -0.2) is 228 Å². The monoisotopic (exact) mass is 1470 g/mol. The van der Waals surface area contributed by atoms with Gasteiger partial charge in [0.2, 0.25) is 0 Å². The highest BCUT2D eigenvalue weighted by atomic mass is 16.6. The molecule has 0 unspecified atom stereocenters. The van der Waals surface area contributed by atoms with Crippen LogP contribution in [0.2, 0.25) is 0 Å². The van der Waals surface area contributed by atoms with Crippen LogP contribution in [0.15, 0.2) is 146 Å². The number of hydrogen-bond donors (Lipinski definition) is 0. The molecule has 3 aliphatic rings. The fraction of sp³-hybridized carbons (Fsp3) is 0.463. The normalized spacial score (nSPS) is 17.9. The van der Waals surface area contributed by atoms with Crippen molar-refractivity contribution < 1.29 is 109 Å². The summed E-state index contributed by atoms with van der Waals surface area (Å²) in [6.45, 7) is 17.5. The number of fused-ring (bicyclic) bond motifs is 5. The van der Waals surface area contributed by atoms with E-state index in [9.17, 15) is 9.59 Å². The second-order valence-corrected chi connectivity index (χ2v) is 25.4. The molecule has 0 fully saturated rings. The van der Waals surface area contributed by atoms with E-state index >= 15 is 0 Å². The van der Waals surface area contributed by atoms with Crippen LogP contribution >= 0.6 is 0 Å². The fourth-order valence-corrected chi connectivity index (χ4v) is 11.2. The number of carbonyl (C=O) groups excluding carboxylic acids is 2. The molecule has 0 spiro atoms. The highest BCUT2D eigenvalue weighted by molar-refractivity contribution is 6.21. The molecule has 10 rings (SSSR count). The van der Waals surface area contributed by atoms with Gasteiger partial charge in [-0.3, -0.25) is 14.5 Å². The first kappa shape index (κ1) is 80.0. The van der Waals surface area contributed by atoms with Crippen LogP contribution in [0, 0.1) is 0 Å². The minimum Gasteiger partial charge on any atom is -0.488 e. The van der Waals surface area contributed by atoms with Gasteiger partial charge in [0.05, 0.1) is 176 Å². The average Bonchev–Trinajstić information content (AvgIpc) is 1.16. The van der Waals surface area contributed by atoms with Crippen LogP contribution < -0.4 is 42.6 Å². The van der Waals surface area contributed by atoms with Gasteiger partial charge in [-0.1, -0.05) is 93.6 Å². The van der Waals surface area contributed by atoms with E-state index in [2.05, 4.69) is 32.9 Å². The number of nitrogens with zero attached hydrogens (tertiary/aromatic N) is 1. The van der Waals surface area contributed by atoms with Crippen molar-refractivity contribution >= 4 is 11.8 Å². The molecule has 3 aliphatic heterocycles. The molecule has 3 heterocycles. The highest BCUT2D eigenvalue weighted by Crippen LogP contribution is 2.47. The van der Waals surface area contributed by atoms with Gasteiger partial charge in [-0.2, -0.15) is 0 Å². The van der Waals surface area contributed by atoms with Crippen LogP contribution in [0.4, 0.5) is 0 Å². The van der Waals surface area contributed by atoms with Gasteiger partial charge in [0, 0.05) is 11.1 Å². The third kappa shape index (κ3) is 26.4. The molecule has 106 heavy (non-hydrogen) atoms. The van der Waals surface area contributed by atoms with Gasteiger partial charge >= 0.3 is 0 Å². The third-order valence-electron chi connectivity index (χ3n) is 16.6. The van der Waals surface area contributed by atoms with Crippen LogP contribution in [0.1, 0.15) is 58.2 Å². The first-order chi connectivity index (χ1) is 52.2. The lowest BCUT2D eigenvalue weighted by molar-refractivity contribution is 0.00249. The largest absolute Gasteiger partial charge is 0.488 e. The Bertz CT molecular complexity index is 3530. The average molecular weight is 1470 g/mol. The van der Waals surface area contributed by atoms with E-state index < -0.39 is 0 Å². The number of ether oxygens (including phenoxy) is 21. The van der Waals surface area contributed by atoms with Crippen molar-refractivity contribution in [2.45, 2.75) is 39.3 Å². The van der Waals surface area contributed by atoms with Gasteiger partial charge in [-0.05, 0) is 106 Å². The molecule has 0 bridgehead atoms. The number of hydrogen-bond acceptors (Lipinski definition) is 23. The standard InChI is InChI=1S/C82H101NO23/c1-82(2,3)66-58-69(64-20-22-75-77(56-64)104-54-46-96-38-30-88-26-34-92-42-50-100-73-14-8-6-12-71(73)98-48-40-90-32-24-86-28-36-94-44-52-102-75)79(106-61-63-18-16-62(17-19-63)60-83-80(84)67-10-4-5-11-68(67)81(83)85)70(59-66)65-21-23-76-78(57-65)105-55-47-97-39-31-89-27-35-93-43-51-101-74-15-9-7-13-72(74)99-49-41-91-33-25-87-29-37-95-45-53-103-76/h4-23,56-59H,24-55,60-61H2,1-3H3. The Balaban J connectivity index is 0.877. The van der Waals surface area contributed by atoms with Gasteiger partial charge in [0.15, 0.2) is 46.0 Å². The molecule has 572 valence electrons. The molecule has 0 aliphatic carbocycles. The Kier molecular flexibility index (Phi) is 34.1. The highest BCUT2D eigenvalue weighted by Gasteiger charge is 2.35. The molecule has 2 amide bonds. The Hall–Kier alpha value is -8.60. The van der Waals surface area contributed by atoms with Crippen molar-refractivity contribution in [1.29, 1.82) is 0 Å². The summed E-state index contributed by atoms with van der Waals surface area (Å²) in [4.78, 5) is 28.1. The molecule has 7 aromatic carbocycles. The van der Waals surface area contributed by atoms with E-state index in [1.54, 1.807) is 24.3 Å². The van der Waals surface area contributed by atoms with Crippen LogP contribution in [0.25, 0.3) is 22.3 Å². The first-order valence-corrected chi connectivity index (χ1v) is 36.4. The van der Waals surface area contributed by atoms with E-state index in [1.165, 1.54) is 4.90 Å². The summed E-state index contributed by atoms with van der Waals surface area (Å²) in [6.07, 6.45) is 0. The molecule has 24 nitrogen and oxygen atoms in total. The summed E-state index contributed by atoms with van der Waals surface area (Å²) >= 11 is 0. The maximum atomic E-state index is 13.4. The predicted octanol–water partition coefficient (Wildman–Crippen LogP) is 11.4. The Labute approximate surface area is 621 Å². The number of benzene rings is 7. The number of carbonyl (C=O) groups is 2. The van der Waals surface area contributed by atoms with Gasteiger partial charge in [0.25, 0.3) is 11.8 Å². The number of amides is 2. The van der Waals surface area contributed by atoms with E-state index in [-0.39, 0.29) is 83.2 Å². The lowest BCUT2D eigenvalue weighted by Crippen LogP contribution is -2.29. The van der Waals surface area contributed by atoms with E-state index in [4.69, 9.17) is 99.5 Å². The first-order valence-electron chi connectivity index (χ1n) is 36.4. The summed E-state index contributed by atoms with van der Waals surface area (Å²) in [5.41, 5.74) is 6.18. The maximum absolute atomic E-state index is 13.4. The lowest BCUT2D eigenvalue weighted by Gasteiger charge is -2.25. The molecule has 0 radical (unpaired) electrons. The van der Waals surface area contributed by atoms with Crippen LogP contribution in [-0.2, 0) is 75.4 Å². The van der Waals surface area contributed by atoms with E-state index in [0.717, 1.165) is 38.9 Å². The van der Waals surface area contributed by atoms with E-state index in [0.29, 0.717) is 221 Å². The summed E-state index contributed by atoms with van der Waals surface area (Å²) in [5.74, 6) is 4.40. The van der Waals surface area contributed by atoms with Crippen molar-refractivity contribution in [3.05, 3.63) is 173 Å². The maximum Gasteiger partial charge on any atom is 0.261 e. The van der Waals surface area contributed by atoms with E-state index in [1.807, 2.05) is 109 Å². The van der Waals surface area contributed by atoms with Gasteiger partial charge in [-0.25, -0.2) is 0 Å². The van der Waals surface area contributed by atoms with Crippen LogP contribution in [0.5, 0.6) is 51.7 Å². The van der Waals surface area contributed by atoms with Crippen molar-refractivity contribution in [3.8, 4) is 74.0 Å². The van der Waals surface area contributed by atoms with Crippen molar-refractivity contribution in [2.75, 3.05) is 211 Å². The topological polar surface area (TPSA) is 231 Å². The van der Waals surface area contributed by atoms with Crippen LogP contribution in [0.3, 0.4) is 0 Å². The third-order valence-corrected chi connectivity index (χ3v) is 16.6. The predicted molar refractivity (Wildman–Crippen MR) is 394 cm³/mol. The zero-order valence-corrected chi connectivity index (χ0v) is 61.2. The number of rotatable bonds is 7. The Morgan fingerprint density at radius 3 is 0.830 bits per heavy atom. The van der Waals surface area contributed by atoms with Crippen molar-refractivity contribution in [1.82, 2.24) is 4.90 Å². The summed E-state index contributed by atoms with van der Waals surface area (Å²) in [6, 6.07) is 45.7. The van der Waals surface area contributed by atoms with Gasteiger partial charge in [-0.15, -0.1) is 0 Å². The zero-order chi connectivity index (χ0) is 73.5. The molecular formula is C82H101NO23. The minimum atomic E-state index is -0.366.